The van der Waals surface area contributed by atoms with Crippen LogP contribution in [0.2, 0.25) is 0 Å². The highest BCUT2D eigenvalue weighted by molar-refractivity contribution is 6.11. The Kier molecular flexibility index (Phi) is 11.9. The molecule has 0 radical (unpaired) electrons. The molecule has 0 amide bonds. The molecule has 3 aromatic rings. The van der Waals surface area contributed by atoms with Gasteiger partial charge in [0.05, 0.1) is 0 Å². The number of hydrogen-bond acceptors (Lipinski definition) is 6. The van der Waals surface area contributed by atoms with Crippen molar-refractivity contribution in [2.75, 3.05) is 13.2 Å². The van der Waals surface area contributed by atoms with Crippen LogP contribution in [0.15, 0.2) is 42.5 Å². The van der Waals surface area contributed by atoms with Crippen LogP contribution < -0.4 is 9.47 Å². The van der Waals surface area contributed by atoms with Crippen molar-refractivity contribution in [2.24, 2.45) is 23.7 Å². The van der Waals surface area contributed by atoms with Crippen molar-refractivity contribution in [2.45, 2.75) is 117 Å². The second-order valence-corrected chi connectivity index (χ2v) is 13.9. The van der Waals surface area contributed by atoms with Gasteiger partial charge in [0, 0.05) is 21.5 Å². The molecule has 3 aromatic carbocycles. The molecular weight excluding hydrogens is 576 g/mol. The Labute approximate surface area is 275 Å². The fourth-order valence-electron chi connectivity index (χ4n) is 7.72. The van der Waals surface area contributed by atoms with Crippen LogP contribution in [-0.4, -0.2) is 37.4 Å². The van der Waals surface area contributed by atoms with Gasteiger partial charge in [0.15, 0.2) is 13.2 Å². The van der Waals surface area contributed by atoms with E-state index >= 15 is 0 Å². The van der Waals surface area contributed by atoms with Gasteiger partial charge < -0.3 is 18.9 Å². The minimum Gasteiger partial charge on any atom is -0.481 e. The Bertz CT molecular complexity index is 1470. The summed E-state index contributed by atoms with van der Waals surface area (Å²) in [5.41, 5.74) is 1.14. The Morgan fingerprint density at radius 1 is 0.630 bits per heavy atom. The van der Waals surface area contributed by atoms with E-state index in [9.17, 15) is 9.59 Å². The molecule has 0 saturated heterocycles. The van der Waals surface area contributed by atoms with Crippen LogP contribution in [0.5, 0.6) is 11.5 Å². The zero-order chi connectivity index (χ0) is 32.6. The number of benzene rings is 3. The van der Waals surface area contributed by atoms with E-state index in [0.717, 1.165) is 33.5 Å². The second kappa shape index (κ2) is 16.0. The first-order valence-corrected chi connectivity index (χ1v) is 17.9. The first-order chi connectivity index (χ1) is 22.3. The molecule has 2 fully saturated rings. The molecule has 2 saturated carbocycles. The topological polar surface area (TPSA) is 71.1 Å². The van der Waals surface area contributed by atoms with Crippen molar-refractivity contribution < 1.29 is 28.5 Å². The monoisotopic (exact) mass is 630 g/mol. The van der Waals surface area contributed by atoms with Crippen LogP contribution in [0.1, 0.15) is 104 Å². The van der Waals surface area contributed by atoms with E-state index in [1.54, 1.807) is 0 Å². The van der Waals surface area contributed by atoms with Crippen LogP contribution >= 0.6 is 0 Å². The number of aryl methyl sites for hydroxylation is 1. The highest BCUT2D eigenvalue weighted by atomic mass is 16.6. The Balaban J connectivity index is 1.32. The van der Waals surface area contributed by atoms with Gasteiger partial charge >= 0.3 is 11.9 Å². The standard InChI is InChI=1S/C40H54O6/c1-6-30-21-22-35-36(23-30)40(44-25-38(42)46-29(5)27(3)32-17-11-8-12-18-32)34-20-14-13-19-33(34)39(35)43-24-37(41)45-28(4)26(2)31-15-9-7-10-16-31/h13-14,19-23,26-29,31-32H,6-12,15-18,24-25H2,1-5H3. The lowest BCUT2D eigenvalue weighted by Gasteiger charge is -2.31. The third-order valence-electron chi connectivity index (χ3n) is 11.0. The van der Waals surface area contributed by atoms with Crippen LogP contribution in [0.3, 0.4) is 0 Å². The van der Waals surface area contributed by atoms with Gasteiger partial charge in [-0.05, 0) is 55.6 Å². The largest absolute Gasteiger partial charge is 0.481 e. The molecule has 0 spiro atoms. The van der Waals surface area contributed by atoms with Crippen molar-refractivity contribution in [3.63, 3.8) is 0 Å². The van der Waals surface area contributed by atoms with E-state index in [2.05, 4.69) is 32.9 Å². The number of carbonyl (C=O) groups is 2. The van der Waals surface area contributed by atoms with Gasteiger partial charge in [0.2, 0.25) is 0 Å². The molecule has 6 heteroatoms. The van der Waals surface area contributed by atoms with Gasteiger partial charge in [-0.1, -0.05) is 121 Å². The fraction of sp³-hybridized carbons (Fsp3) is 0.600. The number of esters is 2. The lowest BCUT2D eigenvalue weighted by molar-refractivity contribution is -0.155. The van der Waals surface area contributed by atoms with E-state index in [0.29, 0.717) is 35.2 Å². The van der Waals surface area contributed by atoms with Gasteiger partial charge in [-0.2, -0.15) is 0 Å². The fourth-order valence-corrected chi connectivity index (χ4v) is 7.72. The van der Waals surface area contributed by atoms with Crippen LogP contribution in [0.25, 0.3) is 21.5 Å². The lowest BCUT2D eigenvalue weighted by atomic mass is 9.79. The van der Waals surface area contributed by atoms with E-state index in [4.69, 9.17) is 18.9 Å². The summed E-state index contributed by atoms with van der Waals surface area (Å²) in [4.78, 5) is 26.1. The minimum atomic E-state index is -0.364. The number of fused-ring (bicyclic) bond motifs is 2. The van der Waals surface area contributed by atoms with Gasteiger partial charge in [-0.25, -0.2) is 9.59 Å². The molecule has 250 valence electrons. The van der Waals surface area contributed by atoms with E-state index in [1.165, 1.54) is 64.2 Å². The zero-order valence-electron chi connectivity index (χ0n) is 28.6. The number of hydrogen-bond donors (Lipinski definition) is 0. The Hall–Kier alpha value is -3.28. The molecule has 2 aliphatic carbocycles. The summed E-state index contributed by atoms with van der Waals surface area (Å²) in [5.74, 6) is 2.35. The molecule has 2 aliphatic rings. The van der Waals surface area contributed by atoms with Crippen molar-refractivity contribution >= 4 is 33.5 Å². The summed E-state index contributed by atoms with van der Waals surface area (Å²) in [7, 11) is 0. The third kappa shape index (κ3) is 8.16. The normalized spacial score (nSPS) is 18.9. The average molecular weight is 631 g/mol. The molecule has 0 aromatic heterocycles. The quantitative estimate of drug-likeness (QED) is 0.138. The molecule has 0 bridgehead atoms. The zero-order valence-corrected chi connectivity index (χ0v) is 28.6. The molecule has 0 heterocycles. The molecule has 0 N–H and O–H groups in total. The Morgan fingerprint density at radius 2 is 1.07 bits per heavy atom. The van der Waals surface area contributed by atoms with Gasteiger partial charge in [-0.3, -0.25) is 0 Å². The van der Waals surface area contributed by atoms with Gasteiger partial charge in [-0.15, -0.1) is 0 Å². The van der Waals surface area contributed by atoms with Gasteiger partial charge in [0.1, 0.15) is 23.7 Å². The summed E-state index contributed by atoms with van der Waals surface area (Å²) in [6, 6.07) is 14.0. The first-order valence-electron chi connectivity index (χ1n) is 17.9. The predicted octanol–water partition coefficient (Wildman–Crippen LogP) is 9.61. The van der Waals surface area contributed by atoms with E-state index in [-0.39, 0.29) is 37.4 Å². The molecule has 4 unspecified atom stereocenters. The van der Waals surface area contributed by atoms with Crippen molar-refractivity contribution in [1.82, 2.24) is 0 Å². The predicted molar refractivity (Wildman–Crippen MR) is 184 cm³/mol. The van der Waals surface area contributed by atoms with E-state index in [1.807, 2.05) is 44.2 Å². The summed E-state index contributed by atoms with van der Waals surface area (Å²) >= 11 is 0. The Morgan fingerprint density at radius 3 is 1.52 bits per heavy atom. The number of rotatable bonds is 13. The molecular formula is C40H54O6. The molecule has 6 nitrogen and oxygen atoms in total. The van der Waals surface area contributed by atoms with Crippen molar-refractivity contribution in [1.29, 1.82) is 0 Å². The summed E-state index contributed by atoms with van der Waals surface area (Å²) < 4.78 is 24.4. The molecule has 4 atom stereocenters. The molecule has 5 rings (SSSR count). The first kappa shape index (κ1) is 34.1. The van der Waals surface area contributed by atoms with Crippen molar-refractivity contribution in [3.05, 3.63) is 48.0 Å². The third-order valence-corrected chi connectivity index (χ3v) is 11.0. The number of carbonyl (C=O) groups excluding carboxylic acids is 2. The molecule has 46 heavy (non-hydrogen) atoms. The maximum absolute atomic E-state index is 13.1. The summed E-state index contributed by atoms with van der Waals surface area (Å²) in [5, 5.41) is 3.31. The summed E-state index contributed by atoms with van der Waals surface area (Å²) in [6.07, 6.45) is 13.0. The van der Waals surface area contributed by atoms with Gasteiger partial charge in [0.25, 0.3) is 0 Å². The molecule has 0 aliphatic heterocycles. The van der Waals surface area contributed by atoms with E-state index < -0.39 is 0 Å². The van der Waals surface area contributed by atoms with Crippen molar-refractivity contribution in [3.8, 4) is 11.5 Å². The SMILES string of the molecule is CCc1ccc2c(OCC(=O)OC(C)C(C)C3CCCCC3)c3ccccc3c(OCC(=O)OC(C)C(C)C3CCCCC3)c2c1. The average Bonchev–Trinajstić information content (AvgIpc) is 3.09. The smallest absolute Gasteiger partial charge is 0.344 e. The lowest BCUT2D eigenvalue weighted by Crippen LogP contribution is -2.31. The second-order valence-electron chi connectivity index (χ2n) is 13.9. The summed E-state index contributed by atoms with van der Waals surface area (Å²) in [6.45, 7) is 10.2. The highest BCUT2D eigenvalue weighted by Gasteiger charge is 2.29. The van der Waals surface area contributed by atoms with Crippen LogP contribution in [-0.2, 0) is 25.5 Å². The van der Waals surface area contributed by atoms with Crippen LogP contribution in [0, 0.1) is 23.7 Å². The van der Waals surface area contributed by atoms with Crippen LogP contribution in [0.4, 0.5) is 0 Å². The maximum Gasteiger partial charge on any atom is 0.344 e. The maximum atomic E-state index is 13.1. The minimum absolute atomic E-state index is 0.163. The number of ether oxygens (including phenoxy) is 4. The highest BCUT2D eigenvalue weighted by Crippen LogP contribution is 2.43.